The third-order valence-electron chi connectivity index (χ3n) is 6.82. The van der Waals surface area contributed by atoms with E-state index in [9.17, 15) is 22.8 Å². The fourth-order valence-electron chi connectivity index (χ4n) is 4.62. The molecule has 2 saturated heterocycles. The maximum absolute atomic E-state index is 13.7. The number of piperazine rings is 1. The molecule has 2 aliphatic heterocycles. The summed E-state index contributed by atoms with van der Waals surface area (Å²) in [6, 6.07) is 11.2. The molecule has 4 N–H and O–H groups in total. The van der Waals surface area contributed by atoms with Crippen LogP contribution in [0.1, 0.15) is 22.5 Å². The number of aromatic nitrogens is 2. The number of rotatable bonds is 7. The van der Waals surface area contributed by atoms with Gasteiger partial charge in [0.15, 0.2) is 5.82 Å². The summed E-state index contributed by atoms with van der Waals surface area (Å²) in [5, 5.41) is 5.73. The third-order valence-corrected chi connectivity index (χ3v) is 6.82. The van der Waals surface area contributed by atoms with Crippen molar-refractivity contribution in [3.63, 3.8) is 0 Å². The Morgan fingerprint density at radius 3 is 2.38 bits per heavy atom. The van der Waals surface area contributed by atoms with Crippen molar-refractivity contribution < 1.29 is 27.5 Å². The summed E-state index contributed by atoms with van der Waals surface area (Å²) < 4.78 is 47.1. The van der Waals surface area contributed by atoms with Gasteiger partial charge in [0, 0.05) is 50.4 Å². The summed E-state index contributed by atoms with van der Waals surface area (Å²) in [6.07, 6.45) is -3.93. The summed E-state index contributed by atoms with van der Waals surface area (Å²) in [5.41, 5.74) is 5.36. The van der Waals surface area contributed by atoms with Crippen LogP contribution >= 0.6 is 0 Å². The highest BCUT2D eigenvalue weighted by molar-refractivity contribution is 5.92. The van der Waals surface area contributed by atoms with Crippen molar-refractivity contribution in [2.24, 2.45) is 5.73 Å². The molecule has 210 valence electrons. The number of carbonyl (C=O) groups excluding carboxylic acids is 2. The molecule has 0 unspecified atom stereocenters. The standard InChI is InChI=1S/C27H28F3N7O3/c1-36-10-12-37(13-11-36)22-14-18(6-7-19(22)27(28,29)30)40-17-4-2-16(3-5-17)25-34-21(24(31)38)15-23(35-25)33-20-8-9-32-26(20)39/h2-7,14-15,20H,8-13H2,1H3,(H2,31,38)(H,32,39)(H,33,34,35)/t20-/m0/s1. The minimum absolute atomic E-state index is 0.0209. The summed E-state index contributed by atoms with van der Waals surface area (Å²) in [4.78, 5) is 36.3. The van der Waals surface area contributed by atoms with Crippen LogP contribution in [0.25, 0.3) is 11.4 Å². The third kappa shape index (κ3) is 6.09. The van der Waals surface area contributed by atoms with Gasteiger partial charge in [-0.1, -0.05) is 0 Å². The van der Waals surface area contributed by atoms with Gasteiger partial charge in [0.2, 0.25) is 5.91 Å². The molecule has 0 spiro atoms. The van der Waals surface area contributed by atoms with Gasteiger partial charge >= 0.3 is 6.18 Å². The average molecular weight is 556 g/mol. The first-order chi connectivity index (χ1) is 19.1. The van der Waals surface area contributed by atoms with Crippen LogP contribution in [0.3, 0.4) is 0 Å². The fraction of sp³-hybridized carbons (Fsp3) is 0.333. The smallest absolute Gasteiger partial charge is 0.418 e. The first kappa shape index (κ1) is 27.2. The Bertz CT molecular complexity index is 1410. The number of ether oxygens (including phenoxy) is 1. The van der Waals surface area contributed by atoms with Crippen LogP contribution < -0.4 is 26.0 Å². The molecule has 0 bridgehead atoms. The monoisotopic (exact) mass is 555 g/mol. The van der Waals surface area contributed by atoms with E-state index in [1.807, 2.05) is 7.05 Å². The lowest BCUT2D eigenvalue weighted by Gasteiger charge is -2.35. The maximum Gasteiger partial charge on any atom is 0.418 e. The van der Waals surface area contributed by atoms with E-state index < -0.39 is 23.7 Å². The highest BCUT2D eigenvalue weighted by Crippen LogP contribution is 2.40. The summed E-state index contributed by atoms with van der Waals surface area (Å²) in [5.74, 6) is 0.225. The van der Waals surface area contributed by atoms with Crippen LogP contribution in [0, 0.1) is 0 Å². The van der Waals surface area contributed by atoms with E-state index in [1.54, 1.807) is 29.2 Å². The number of carbonyl (C=O) groups is 2. The molecule has 13 heteroatoms. The minimum Gasteiger partial charge on any atom is -0.457 e. The number of nitrogens with zero attached hydrogens (tertiary/aromatic N) is 4. The van der Waals surface area contributed by atoms with Crippen molar-refractivity contribution in [3.05, 3.63) is 59.8 Å². The van der Waals surface area contributed by atoms with Crippen molar-refractivity contribution in [1.82, 2.24) is 20.2 Å². The number of alkyl halides is 3. The molecule has 10 nitrogen and oxygen atoms in total. The zero-order valence-corrected chi connectivity index (χ0v) is 21.7. The van der Waals surface area contributed by atoms with E-state index in [0.29, 0.717) is 50.5 Å². The molecule has 1 aromatic heterocycles. The second-order valence-electron chi connectivity index (χ2n) is 9.70. The summed E-state index contributed by atoms with van der Waals surface area (Å²) in [7, 11) is 1.94. The van der Waals surface area contributed by atoms with Crippen LogP contribution in [0.15, 0.2) is 48.5 Å². The normalized spacial score (nSPS) is 17.9. The van der Waals surface area contributed by atoms with Gasteiger partial charge in [-0.25, -0.2) is 9.97 Å². The molecule has 5 rings (SSSR count). The molecule has 2 fully saturated rings. The maximum atomic E-state index is 13.7. The summed E-state index contributed by atoms with van der Waals surface area (Å²) in [6.45, 7) is 2.81. The zero-order chi connectivity index (χ0) is 28.4. The number of hydrogen-bond donors (Lipinski definition) is 3. The lowest BCUT2D eigenvalue weighted by Crippen LogP contribution is -2.45. The Labute approximate surface area is 228 Å². The number of likely N-dealkylation sites (N-methyl/N-ethyl adjacent to an activating group) is 1. The van der Waals surface area contributed by atoms with Crippen LogP contribution in [0.4, 0.5) is 24.7 Å². The highest BCUT2D eigenvalue weighted by Gasteiger charge is 2.35. The molecule has 2 amide bonds. The Morgan fingerprint density at radius 2 is 1.75 bits per heavy atom. The molecule has 3 aromatic rings. The first-order valence-electron chi connectivity index (χ1n) is 12.7. The van der Waals surface area contributed by atoms with Gasteiger partial charge in [0.1, 0.15) is 29.1 Å². The molecule has 0 saturated carbocycles. The molecular weight excluding hydrogens is 527 g/mol. The Hall–Kier alpha value is -4.39. The molecular formula is C27H28F3N7O3. The van der Waals surface area contributed by atoms with Gasteiger partial charge in [-0.05, 0) is 49.9 Å². The minimum atomic E-state index is -4.49. The van der Waals surface area contributed by atoms with Gasteiger partial charge in [-0.15, -0.1) is 0 Å². The van der Waals surface area contributed by atoms with Crippen molar-refractivity contribution in [1.29, 1.82) is 0 Å². The average Bonchev–Trinajstić information content (AvgIpc) is 3.32. The summed E-state index contributed by atoms with van der Waals surface area (Å²) >= 11 is 0. The molecule has 1 atom stereocenters. The molecule has 0 radical (unpaired) electrons. The number of nitrogens with one attached hydrogen (secondary N) is 2. The van der Waals surface area contributed by atoms with Gasteiger partial charge < -0.3 is 30.9 Å². The highest BCUT2D eigenvalue weighted by atomic mass is 19.4. The molecule has 40 heavy (non-hydrogen) atoms. The van der Waals surface area contributed by atoms with Crippen LogP contribution in [-0.4, -0.2) is 72.5 Å². The van der Waals surface area contributed by atoms with Gasteiger partial charge in [0.05, 0.1) is 11.3 Å². The number of primary amides is 1. The quantitative estimate of drug-likeness (QED) is 0.406. The van der Waals surface area contributed by atoms with E-state index in [1.165, 1.54) is 18.2 Å². The topological polar surface area (TPSA) is 126 Å². The number of amides is 2. The second kappa shape index (κ2) is 11.0. The number of anilines is 2. The lowest BCUT2D eigenvalue weighted by atomic mass is 10.1. The number of hydrogen-bond acceptors (Lipinski definition) is 8. The second-order valence-corrected chi connectivity index (χ2v) is 9.70. The molecule has 0 aliphatic carbocycles. The SMILES string of the molecule is CN1CCN(c2cc(Oc3ccc(-c4nc(N[C@H]5CCNC5=O)cc(C(N)=O)n4)cc3)ccc2C(F)(F)F)CC1. The zero-order valence-electron chi connectivity index (χ0n) is 21.7. The number of halogens is 3. The van der Waals surface area contributed by atoms with E-state index in [0.717, 1.165) is 6.07 Å². The van der Waals surface area contributed by atoms with Gasteiger partial charge in [-0.2, -0.15) is 13.2 Å². The predicted octanol–water partition coefficient (Wildman–Crippen LogP) is 3.11. The van der Waals surface area contributed by atoms with Crippen LogP contribution in [0.5, 0.6) is 11.5 Å². The fourth-order valence-corrected chi connectivity index (χ4v) is 4.62. The van der Waals surface area contributed by atoms with Gasteiger partial charge in [0.25, 0.3) is 5.91 Å². The van der Waals surface area contributed by atoms with E-state index in [4.69, 9.17) is 10.5 Å². The van der Waals surface area contributed by atoms with Crippen molar-refractivity contribution >= 4 is 23.3 Å². The Morgan fingerprint density at radius 1 is 1.05 bits per heavy atom. The van der Waals surface area contributed by atoms with Gasteiger partial charge in [-0.3, -0.25) is 9.59 Å². The van der Waals surface area contributed by atoms with Crippen molar-refractivity contribution in [2.75, 3.05) is 50.0 Å². The van der Waals surface area contributed by atoms with E-state index in [-0.39, 0.29) is 34.7 Å². The number of benzene rings is 2. The van der Waals surface area contributed by atoms with E-state index in [2.05, 4.69) is 25.5 Å². The predicted molar refractivity (Wildman–Crippen MR) is 142 cm³/mol. The first-order valence-corrected chi connectivity index (χ1v) is 12.7. The van der Waals surface area contributed by atoms with Crippen LogP contribution in [-0.2, 0) is 11.0 Å². The largest absolute Gasteiger partial charge is 0.457 e. The Balaban J connectivity index is 1.37. The van der Waals surface area contributed by atoms with Crippen molar-refractivity contribution in [3.8, 4) is 22.9 Å². The Kier molecular flexibility index (Phi) is 7.48. The molecule has 2 aliphatic rings. The molecule has 3 heterocycles. The van der Waals surface area contributed by atoms with E-state index >= 15 is 0 Å². The lowest BCUT2D eigenvalue weighted by molar-refractivity contribution is -0.137. The molecule has 2 aromatic carbocycles. The van der Waals surface area contributed by atoms with Crippen LogP contribution in [0.2, 0.25) is 0 Å². The number of nitrogens with two attached hydrogens (primary N) is 1. The van der Waals surface area contributed by atoms with Crippen molar-refractivity contribution in [2.45, 2.75) is 18.6 Å².